The Balaban J connectivity index is 4.29. The van der Waals surface area contributed by atoms with E-state index < -0.39 is 5.97 Å². The van der Waals surface area contributed by atoms with Crippen molar-refractivity contribution in [2.24, 2.45) is 0 Å². The van der Waals surface area contributed by atoms with Crippen molar-refractivity contribution >= 4 is 11.9 Å². The molecule has 1 N–H and O–H groups in total. The molecule has 0 fully saturated rings. The van der Waals surface area contributed by atoms with Gasteiger partial charge in [-0.25, -0.2) is 0 Å². The molecule has 1 atom stereocenters. The van der Waals surface area contributed by atoms with Gasteiger partial charge in [0.25, 0.3) is 0 Å². The number of rotatable bonds is 31. The van der Waals surface area contributed by atoms with Crippen molar-refractivity contribution in [2.45, 2.75) is 161 Å². The molecule has 0 aromatic heterocycles. The molecule has 0 heterocycles. The molecule has 4 nitrogen and oxygen atoms in total. The van der Waals surface area contributed by atoms with Gasteiger partial charge in [0.05, 0.1) is 0 Å². The Morgan fingerprint density at radius 3 is 1.60 bits per heavy atom. The van der Waals surface area contributed by atoms with E-state index in [1.807, 2.05) is 0 Å². The zero-order chi connectivity index (χ0) is 32.9. The molecule has 0 amide bonds. The largest absolute Gasteiger partial charge is 0.481 e. The van der Waals surface area contributed by atoms with Gasteiger partial charge >= 0.3 is 11.9 Å². The van der Waals surface area contributed by atoms with Crippen molar-refractivity contribution in [2.75, 3.05) is 0 Å². The molecular weight excluding hydrogens is 556 g/mol. The fourth-order valence-electron chi connectivity index (χ4n) is 4.70. The van der Waals surface area contributed by atoms with Crippen LogP contribution in [0.25, 0.3) is 0 Å². The maximum Gasteiger partial charge on any atom is 0.306 e. The molecule has 0 aliphatic heterocycles. The number of ether oxygens (including phenoxy) is 1. The van der Waals surface area contributed by atoms with Gasteiger partial charge in [-0.1, -0.05) is 138 Å². The number of hydrogen-bond donors (Lipinski definition) is 1. The Kier molecular flexibility index (Phi) is 33.3. The predicted molar refractivity (Wildman–Crippen MR) is 194 cm³/mol. The van der Waals surface area contributed by atoms with Crippen molar-refractivity contribution in [3.63, 3.8) is 0 Å². The van der Waals surface area contributed by atoms with E-state index in [0.717, 1.165) is 103 Å². The van der Waals surface area contributed by atoms with Crippen LogP contribution in [0.15, 0.2) is 85.1 Å². The van der Waals surface area contributed by atoms with E-state index in [0.29, 0.717) is 6.42 Å². The molecule has 0 spiro atoms. The Morgan fingerprint density at radius 1 is 0.533 bits per heavy atom. The quantitative estimate of drug-likeness (QED) is 0.0474. The first-order valence-electron chi connectivity index (χ1n) is 18.1. The number of allylic oxidation sites excluding steroid dienone is 13. The van der Waals surface area contributed by atoms with Gasteiger partial charge in [-0.2, -0.15) is 0 Å². The van der Waals surface area contributed by atoms with Crippen molar-refractivity contribution in [1.82, 2.24) is 0 Å². The highest BCUT2D eigenvalue weighted by atomic mass is 16.5. The smallest absolute Gasteiger partial charge is 0.306 e. The van der Waals surface area contributed by atoms with Crippen LogP contribution in [0.5, 0.6) is 0 Å². The van der Waals surface area contributed by atoms with Crippen molar-refractivity contribution in [3.8, 4) is 0 Å². The number of carbonyl (C=O) groups is 2. The summed E-state index contributed by atoms with van der Waals surface area (Å²) in [4.78, 5) is 23.2. The second kappa shape index (κ2) is 35.6. The van der Waals surface area contributed by atoms with Gasteiger partial charge in [0.2, 0.25) is 0 Å². The van der Waals surface area contributed by atoms with Crippen LogP contribution < -0.4 is 0 Å². The third kappa shape index (κ3) is 35.5. The normalized spacial score (nSPS) is 13.3. The van der Waals surface area contributed by atoms with Crippen LogP contribution in [0.2, 0.25) is 0 Å². The highest BCUT2D eigenvalue weighted by Gasteiger charge is 2.11. The van der Waals surface area contributed by atoms with Crippen LogP contribution in [0.1, 0.15) is 155 Å². The molecule has 0 rings (SSSR count). The van der Waals surface area contributed by atoms with E-state index in [4.69, 9.17) is 9.84 Å². The molecule has 0 aliphatic carbocycles. The zero-order valence-corrected chi connectivity index (χ0v) is 28.9. The van der Waals surface area contributed by atoms with Crippen LogP contribution in [0.3, 0.4) is 0 Å². The molecule has 0 bridgehead atoms. The fourth-order valence-corrected chi connectivity index (χ4v) is 4.70. The van der Waals surface area contributed by atoms with E-state index in [-0.39, 0.29) is 18.5 Å². The Hall–Kier alpha value is -2.88. The lowest BCUT2D eigenvalue weighted by molar-refractivity contribution is -0.147. The van der Waals surface area contributed by atoms with Crippen LogP contribution in [0.4, 0.5) is 0 Å². The Bertz CT molecular complexity index is 887. The molecule has 1 unspecified atom stereocenters. The average Bonchev–Trinajstić information content (AvgIpc) is 3.02. The lowest BCUT2D eigenvalue weighted by Crippen LogP contribution is -2.16. The fraction of sp³-hybridized carbons (Fsp3) is 0.610. The molecule has 0 aromatic rings. The molecule has 0 radical (unpaired) electrons. The molecule has 0 saturated heterocycles. The summed E-state index contributed by atoms with van der Waals surface area (Å²) < 4.78 is 5.86. The number of unbranched alkanes of at least 4 members (excludes halogenated alkanes) is 10. The van der Waals surface area contributed by atoms with Gasteiger partial charge in [-0.3, -0.25) is 9.59 Å². The summed E-state index contributed by atoms with van der Waals surface area (Å²) in [7, 11) is 0. The number of carboxylic acids is 1. The van der Waals surface area contributed by atoms with Gasteiger partial charge in [-0.05, 0) is 89.5 Å². The number of esters is 1. The molecule has 4 heteroatoms. The monoisotopic (exact) mass is 622 g/mol. The van der Waals surface area contributed by atoms with Gasteiger partial charge in [-0.15, -0.1) is 0 Å². The summed E-state index contributed by atoms with van der Waals surface area (Å²) in [6.45, 7) is 4.39. The van der Waals surface area contributed by atoms with E-state index in [1.165, 1.54) is 25.7 Å². The van der Waals surface area contributed by atoms with Crippen LogP contribution in [-0.2, 0) is 14.3 Å². The highest BCUT2D eigenvalue weighted by Crippen LogP contribution is 2.14. The summed E-state index contributed by atoms with van der Waals surface area (Å²) in [6, 6.07) is 0. The minimum atomic E-state index is -0.712. The molecule has 0 saturated carbocycles. The topological polar surface area (TPSA) is 63.6 Å². The van der Waals surface area contributed by atoms with Crippen LogP contribution >= 0.6 is 0 Å². The maximum absolute atomic E-state index is 12.6. The van der Waals surface area contributed by atoms with Gasteiger partial charge in [0, 0.05) is 12.8 Å². The summed E-state index contributed by atoms with van der Waals surface area (Å²) in [6.07, 6.45) is 51.8. The summed E-state index contributed by atoms with van der Waals surface area (Å²) in [5.74, 6) is -0.826. The van der Waals surface area contributed by atoms with E-state index in [1.54, 1.807) is 0 Å². The lowest BCUT2D eigenvalue weighted by Gasteiger charge is -2.14. The lowest BCUT2D eigenvalue weighted by atomic mass is 10.1. The van der Waals surface area contributed by atoms with E-state index >= 15 is 0 Å². The van der Waals surface area contributed by atoms with E-state index in [2.05, 4.69) is 98.9 Å². The van der Waals surface area contributed by atoms with Crippen molar-refractivity contribution < 1.29 is 19.4 Å². The van der Waals surface area contributed by atoms with Crippen LogP contribution in [0, 0.1) is 0 Å². The summed E-state index contributed by atoms with van der Waals surface area (Å²) in [5, 5.41) is 8.76. The van der Waals surface area contributed by atoms with Crippen molar-refractivity contribution in [3.05, 3.63) is 85.1 Å². The minimum absolute atomic E-state index is 0.114. The van der Waals surface area contributed by atoms with Gasteiger partial charge in [0.15, 0.2) is 0 Å². The Labute approximate surface area is 277 Å². The average molecular weight is 623 g/mol. The van der Waals surface area contributed by atoms with Crippen molar-refractivity contribution in [1.29, 1.82) is 0 Å². The summed E-state index contributed by atoms with van der Waals surface area (Å²) in [5.41, 5.74) is 0. The molecule has 0 aromatic carbocycles. The first kappa shape index (κ1) is 42.1. The van der Waals surface area contributed by atoms with E-state index in [9.17, 15) is 9.59 Å². The second-order valence-corrected chi connectivity index (χ2v) is 11.7. The second-order valence-electron chi connectivity index (χ2n) is 11.7. The standard InChI is InChI=1S/C41H66O4/c1-3-5-7-9-11-13-14-15-16-17-18-19-20-22-24-30-34-38-41(44)45-39(35-31-27-23-21-12-10-8-6-4-2)36-32-28-25-26-29-33-37-40(42)43/h5,7,11,13,15-16,18-19,21-24,31,35,39H,3-4,6,8-10,12,14,17,20,25-30,32-34,36-38H2,1-2H3,(H,42,43)/b7-5-,13-11-,16-15-,19-18-,23-21-,24-22-,35-31-. The molecule has 254 valence electrons. The first-order valence-corrected chi connectivity index (χ1v) is 18.1. The zero-order valence-electron chi connectivity index (χ0n) is 28.9. The van der Waals surface area contributed by atoms with Gasteiger partial charge in [0.1, 0.15) is 6.10 Å². The SMILES string of the molecule is CC/C=C\C/C=C\C/C=C\C/C=C\C/C=C\CCCC(=O)OC(/C=C\C/C=C\CCCCCC)CCCCCCCCC(=O)O. The molecule has 45 heavy (non-hydrogen) atoms. The van der Waals surface area contributed by atoms with Gasteiger partial charge < -0.3 is 9.84 Å². The first-order chi connectivity index (χ1) is 22.1. The molecular formula is C41H66O4. The number of aliphatic carboxylic acids is 1. The number of carbonyl (C=O) groups excluding carboxylic acids is 1. The molecule has 0 aliphatic rings. The Morgan fingerprint density at radius 2 is 1.02 bits per heavy atom. The minimum Gasteiger partial charge on any atom is -0.481 e. The predicted octanol–water partition coefficient (Wildman–Crippen LogP) is 12.5. The number of carboxylic acid groups (broad SMARTS) is 1. The number of hydrogen-bond acceptors (Lipinski definition) is 3. The third-order valence-electron chi connectivity index (χ3n) is 7.34. The summed E-state index contributed by atoms with van der Waals surface area (Å²) >= 11 is 0. The maximum atomic E-state index is 12.6. The van der Waals surface area contributed by atoms with Crippen LogP contribution in [-0.4, -0.2) is 23.1 Å². The highest BCUT2D eigenvalue weighted by molar-refractivity contribution is 5.69. The third-order valence-corrected chi connectivity index (χ3v) is 7.34.